The number of thiophene rings is 1. The van der Waals surface area contributed by atoms with Crippen molar-refractivity contribution in [3.05, 3.63) is 38.8 Å². The van der Waals surface area contributed by atoms with Gasteiger partial charge in [-0.25, -0.2) is 4.98 Å². The molecule has 23 heavy (non-hydrogen) atoms. The van der Waals surface area contributed by atoms with E-state index in [4.69, 9.17) is 4.98 Å². The fraction of sp³-hybridized carbons (Fsp3) is 0.529. The molecule has 0 radical (unpaired) electrons. The number of quaternary nitrogens is 2. The molecule has 1 fully saturated rings. The van der Waals surface area contributed by atoms with Gasteiger partial charge in [0.1, 0.15) is 37.6 Å². The van der Waals surface area contributed by atoms with Gasteiger partial charge in [0.25, 0.3) is 5.56 Å². The molecule has 0 spiro atoms. The van der Waals surface area contributed by atoms with Gasteiger partial charge in [-0.3, -0.25) is 4.79 Å². The average Bonchev–Trinajstić information content (AvgIpc) is 2.76. The SMILES string of the molecule is C=C(C)C[NH+]1CC[NH+](Cc2nc3sc(C)c(C)c3c(=O)[nH]2)CC1. The van der Waals surface area contributed by atoms with Crippen LogP contribution in [0, 0.1) is 13.8 Å². The summed E-state index contributed by atoms with van der Waals surface area (Å²) in [6.07, 6.45) is 0. The number of aryl methyl sites for hydroxylation is 2. The van der Waals surface area contributed by atoms with Gasteiger partial charge in [0.05, 0.1) is 11.9 Å². The quantitative estimate of drug-likeness (QED) is 0.658. The van der Waals surface area contributed by atoms with Crippen molar-refractivity contribution < 1.29 is 9.80 Å². The molecule has 2 aromatic heterocycles. The van der Waals surface area contributed by atoms with Crippen molar-refractivity contribution >= 4 is 21.6 Å². The third-order valence-electron chi connectivity index (χ3n) is 4.72. The Morgan fingerprint density at radius 3 is 2.57 bits per heavy atom. The number of fused-ring (bicyclic) bond motifs is 1. The summed E-state index contributed by atoms with van der Waals surface area (Å²) in [6.45, 7) is 16.6. The number of piperazine rings is 1. The molecule has 0 saturated carbocycles. The number of aromatic nitrogens is 2. The summed E-state index contributed by atoms with van der Waals surface area (Å²) in [4.78, 5) is 25.2. The first-order valence-electron chi connectivity index (χ1n) is 8.24. The molecule has 0 amide bonds. The Balaban J connectivity index is 1.71. The summed E-state index contributed by atoms with van der Waals surface area (Å²) in [5, 5.41) is 0.766. The standard InChI is InChI=1S/C17H24N4OS/c1-11(2)9-20-5-7-21(8-6-20)10-14-18-16(22)15-12(3)13(4)23-17(15)19-14/h1,5-10H2,2-4H3,(H,18,19,22)/p+2. The van der Waals surface area contributed by atoms with Crippen molar-refractivity contribution in [2.45, 2.75) is 27.3 Å². The van der Waals surface area contributed by atoms with Crippen LogP contribution in [-0.2, 0) is 6.54 Å². The number of nitrogens with zero attached hydrogens (tertiary/aromatic N) is 1. The second-order valence-electron chi connectivity index (χ2n) is 6.79. The maximum absolute atomic E-state index is 12.3. The first kappa shape index (κ1) is 16.4. The molecule has 0 bridgehead atoms. The smallest absolute Gasteiger partial charge is 0.260 e. The lowest BCUT2D eigenvalue weighted by Gasteiger charge is -2.29. The maximum Gasteiger partial charge on any atom is 0.260 e. The Morgan fingerprint density at radius 2 is 1.91 bits per heavy atom. The predicted octanol–water partition coefficient (Wildman–Crippen LogP) is -0.539. The highest BCUT2D eigenvalue weighted by Gasteiger charge is 2.24. The molecule has 1 aliphatic rings. The molecule has 0 aliphatic carbocycles. The van der Waals surface area contributed by atoms with Crippen LogP contribution in [-0.4, -0.2) is 42.7 Å². The molecule has 2 aromatic rings. The molecule has 1 saturated heterocycles. The Morgan fingerprint density at radius 1 is 1.26 bits per heavy atom. The molecule has 0 atom stereocenters. The zero-order chi connectivity index (χ0) is 16.6. The molecule has 6 heteroatoms. The van der Waals surface area contributed by atoms with Crippen LogP contribution in [0.15, 0.2) is 16.9 Å². The minimum atomic E-state index is 0.0118. The molecule has 5 nitrogen and oxygen atoms in total. The van der Waals surface area contributed by atoms with E-state index in [-0.39, 0.29) is 5.56 Å². The number of hydrogen-bond acceptors (Lipinski definition) is 3. The highest BCUT2D eigenvalue weighted by atomic mass is 32.1. The van der Waals surface area contributed by atoms with Crippen molar-refractivity contribution in [2.75, 3.05) is 32.7 Å². The summed E-state index contributed by atoms with van der Waals surface area (Å²) < 4.78 is 0. The predicted molar refractivity (Wildman–Crippen MR) is 94.5 cm³/mol. The van der Waals surface area contributed by atoms with Gasteiger partial charge in [0, 0.05) is 4.88 Å². The van der Waals surface area contributed by atoms with Crippen LogP contribution in [0.2, 0.25) is 0 Å². The van der Waals surface area contributed by atoms with Crippen LogP contribution in [0.5, 0.6) is 0 Å². The molecule has 3 heterocycles. The van der Waals surface area contributed by atoms with Gasteiger partial charge in [0.15, 0.2) is 5.82 Å². The summed E-state index contributed by atoms with van der Waals surface area (Å²) in [5.74, 6) is 0.821. The summed E-state index contributed by atoms with van der Waals surface area (Å²) in [6, 6.07) is 0. The molecular weight excluding hydrogens is 308 g/mol. The van der Waals surface area contributed by atoms with E-state index in [9.17, 15) is 4.79 Å². The van der Waals surface area contributed by atoms with E-state index in [1.807, 2.05) is 6.92 Å². The van der Waals surface area contributed by atoms with Crippen molar-refractivity contribution in [1.82, 2.24) is 9.97 Å². The minimum absolute atomic E-state index is 0.0118. The molecule has 1 aliphatic heterocycles. The van der Waals surface area contributed by atoms with Crippen molar-refractivity contribution in [3.8, 4) is 0 Å². The van der Waals surface area contributed by atoms with Crippen molar-refractivity contribution in [1.29, 1.82) is 0 Å². The number of H-pyrrole nitrogens is 1. The van der Waals surface area contributed by atoms with Gasteiger partial charge in [0.2, 0.25) is 0 Å². The Bertz CT molecular complexity index is 784. The van der Waals surface area contributed by atoms with Crippen LogP contribution >= 0.6 is 11.3 Å². The molecule has 0 aromatic carbocycles. The molecule has 0 unspecified atom stereocenters. The third kappa shape index (κ3) is 3.54. The summed E-state index contributed by atoms with van der Waals surface area (Å²) >= 11 is 1.62. The fourth-order valence-corrected chi connectivity index (χ4v) is 4.41. The Labute approximate surface area is 140 Å². The molecule has 124 valence electrons. The zero-order valence-electron chi connectivity index (χ0n) is 14.2. The van der Waals surface area contributed by atoms with Gasteiger partial charge in [-0.15, -0.1) is 11.3 Å². The van der Waals surface area contributed by atoms with Gasteiger partial charge < -0.3 is 14.8 Å². The van der Waals surface area contributed by atoms with E-state index in [1.54, 1.807) is 16.2 Å². The van der Waals surface area contributed by atoms with Gasteiger partial charge in [-0.1, -0.05) is 6.58 Å². The first-order valence-corrected chi connectivity index (χ1v) is 9.06. The zero-order valence-corrected chi connectivity index (χ0v) is 15.0. The topological polar surface area (TPSA) is 54.6 Å². The lowest BCUT2D eigenvalue weighted by Crippen LogP contribution is -3.27. The summed E-state index contributed by atoms with van der Waals surface area (Å²) in [5.41, 5.74) is 2.33. The van der Waals surface area contributed by atoms with E-state index in [2.05, 4.69) is 25.4 Å². The lowest BCUT2D eigenvalue weighted by atomic mass is 10.2. The molecule has 3 rings (SSSR count). The number of aromatic amines is 1. The van der Waals surface area contributed by atoms with Crippen LogP contribution in [0.25, 0.3) is 10.2 Å². The Kier molecular flexibility index (Phi) is 4.66. The van der Waals surface area contributed by atoms with Crippen molar-refractivity contribution in [3.63, 3.8) is 0 Å². The molecular formula is C17H26N4OS+2. The highest BCUT2D eigenvalue weighted by Crippen LogP contribution is 2.25. The Hall–Kier alpha value is -1.50. The number of rotatable bonds is 4. The van der Waals surface area contributed by atoms with E-state index in [0.29, 0.717) is 0 Å². The molecule has 3 N–H and O–H groups in total. The number of nitrogens with one attached hydrogen (secondary N) is 3. The normalized spacial score (nSPS) is 21.7. The van der Waals surface area contributed by atoms with E-state index < -0.39 is 0 Å². The van der Waals surface area contributed by atoms with E-state index in [0.717, 1.165) is 60.9 Å². The minimum Gasteiger partial charge on any atom is -0.322 e. The van der Waals surface area contributed by atoms with Crippen LogP contribution in [0.4, 0.5) is 0 Å². The second kappa shape index (κ2) is 6.55. The van der Waals surface area contributed by atoms with E-state index in [1.165, 1.54) is 15.4 Å². The van der Waals surface area contributed by atoms with Crippen LogP contribution < -0.4 is 15.4 Å². The second-order valence-corrected chi connectivity index (χ2v) is 7.99. The number of hydrogen-bond donors (Lipinski definition) is 3. The fourth-order valence-electron chi connectivity index (χ4n) is 3.36. The average molecular weight is 334 g/mol. The largest absolute Gasteiger partial charge is 0.322 e. The van der Waals surface area contributed by atoms with Crippen molar-refractivity contribution in [2.24, 2.45) is 0 Å². The van der Waals surface area contributed by atoms with Crippen LogP contribution in [0.1, 0.15) is 23.2 Å². The van der Waals surface area contributed by atoms with Gasteiger partial charge >= 0.3 is 0 Å². The highest BCUT2D eigenvalue weighted by molar-refractivity contribution is 7.18. The first-order chi connectivity index (χ1) is 10.9. The van der Waals surface area contributed by atoms with Gasteiger partial charge in [-0.2, -0.15) is 0 Å². The lowest BCUT2D eigenvalue weighted by molar-refractivity contribution is -1.02. The maximum atomic E-state index is 12.3. The van der Waals surface area contributed by atoms with Gasteiger partial charge in [-0.05, 0) is 31.9 Å². The van der Waals surface area contributed by atoms with E-state index >= 15 is 0 Å². The third-order valence-corrected chi connectivity index (χ3v) is 5.82. The summed E-state index contributed by atoms with van der Waals surface area (Å²) in [7, 11) is 0. The monoisotopic (exact) mass is 334 g/mol. The van der Waals surface area contributed by atoms with Crippen LogP contribution in [0.3, 0.4) is 0 Å².